The van der Waals surface area contributed by atoms with Crippen molar-refractivity contribution in [2.24, 2.45) is 5.92 Å². The van der Waals surface area contributed by atoms with Gasteiger partial charge in [-0.25, -0.2) is 0 Å². The Morgan fingerprint density at radius 2 is 1.84 bits per heavy atom. The number of rotatable bonds is 6. The van der Waals surface area contributed by atoms with Crippen molar-refractivity contribution in [2.75, 3.05) is 25.0 Å². The third kappa shape index (κ3) is 6.77. The van der Waals surface area contributed by atoms with Crippen LogP contribution < -0.4 is 15.4 Å². The van der Waals surface area contributed by atoms with Crippen LogP contribution in [0.1, 0.15) is 53.8 Å². The van der Waals surface area contributed by atoms with Crippen LogP contribution in [0.2, 0.25) is 0 Å². The van der Waals surface area contributed by atoms with Crippen molar-refractivity contribution in [1.82, 2.24) is 10.2 Å². The van der Waals surface area contributed by atoms with Crippen molar-refractivity contribution in [3.8, 4) is 5.75 Å². The van der Waals surface area contributed by atoms with Crippen LogP contribution in [0.25, 0.3) is 0 Å². The average molecular weight is 518 g/mol. The number of thiocarbonyl (C=S) groups is 1. The molecule has 0 bridgehead atoms. The summed E-state index contributed by atoms with van der Waals surface area (Å²) in [5.41, 5.74) is 1.70. The lowest BCUT2D eigenvalue weighted by molar-refractivity contribution is 0.0724. The Morgan fingerprint density at radius 1 is 1.09 bits per heavy atom. The summed E-state index contributed by atoms with van der Waals surface area (Å²) >= 11 is 8.75. The minimum atomic E-state index is -0.334. The van der Waals surface area contributed by atoms with Gasteiger partial charge in [-0.1, -0.05) is 19.9 Å². The van der Waals surface area contributed by atoms with Crippen LogP contribution in [-0.2, 0) is 0 Å². The van der Waals surface area contributed by atoms with Gasteiger partial charge in [0.25, 0.3) is 11.8 Å². The van der Waals surface area contributed by atoms with Gasteiger partial charge in [0.2, 0.25) is 0 Å². The average Bonchev–Trinajstić information content (AvgIpc) is 2.78. The van der Waals surface area contributed by atoms with Gasteiger partial charge < -0.3 is 15.0 Å². The van der Waals surface area contributed by atoms with Crippen LogP contribution in [0, 0.1) is 5.92 Å². The van der Waals surface area contributed by atoms with E-state index in [1.807, 2.05) is 11.0 Å². The first-order chi connectivity index (χ1) is 15.3. The minimum absolute atomic E-state index is 0.0212. The molecule has 0 radical (unpaired) electrons. The Kier molecular flexibility index (Phi) is 8.64. The summed E-state index contributed by atoms with van der Waals surface area (Å²) in [6.45, 7) is 6.33. The summed E-state index contributed by atoms with van der Waals surface area (Å²) in [6.07, 6.45) is 3.26. The molecule has 32 heavy (non-hydrogen) atoms. The summed E-state index contributed by atoms with van der Waals surface area (Å²) in [4.78, 5) is 27.2. The number of carbonyl (C=O) groups excluding carboxylic acids is 2. The smallest absolute Gasteiger partial charge is 0.257 e. The quantitative estimate of drug-likeness (QED) is 0.512. The van der Waals surface area contributed by atoms with E-state index in [1.54, 1.807) is 36.4 Å². The summed E-state index contributed by atoms with van der Waals surface area (Å²) < 4.78 is 6.42. The number of likely N-dealkylation sites (tertiary alicyclic amines) is 1. The molecule has 0 saturated carbocycles. The van der Waals surface area contributed by atoms with Crippen molar-refractivity contribution < 1.29 is 14.3 Å². The Hall–Kier alpha value is -2.45. The zero-order valence-electron chi connectivity index (χ0n) is 18.3. The molecule has 0 atom stereocenters. The lowest BCUT2D eigenvalue weighted by atomic mass is 10.1. The van der Waals surface area contributed by atoms with E-state index in [1.165, 1.54) is 6.42 Å². The topological polar surface area (TPSA) is 70.7 Å². The fourth-order valence-electron chi connectivity index (χ4n) is 3.36. The van der Waals surface area contributed by atoms with E-state index >= 15 is 0 Å². The van der Waals surface area contributed by atoms with E-state index in [0.29, 0.717) is 39.6 Å². The Morgan fingerprint density at radius 3 is 2.53 bits per heavy atom. The molecule has 1 heterocycles. The zero-order chi connectivity index (χ0) is 23.1. The number of piperidine rings is 1. The molecular weight excluding hydrogens is 490 g/mol. The van der Waals surface area contributed by atoms with E-state index in [2.05, 4.69) is 40.4 Å². The summed E-state index contributed by atoms with van der Waals surface area (Å²) in [7, 11) is 0. The molecule has 0 spiro atoms. The Bertz CT molecular complexity index is 990. The number of nitrogens with one attached hydrogen (secondary N) is 2. The standard InChI is InChI=1S/C24H28BrN3O3S/c1-16(2)15-31-21-10-9-17(14-20(21)25)22(29)27-24(32)26-19-8-6-7-18(13-19)23(30)28-11-4-3-5-12-28/h6-10,13-14,16H,3-5,11-12,15H2,1-2H3,(H2,26,27,29,32). The van der Waals surface area contributed by atoms with Gasteiger partial charge in [-0.15, -0.1) is 0 Å². The van der Waals surface area contributed by atoms with Crippen molar-refractivity contribution in [3.63, 3.8) is 0 Å². The lowest BCUT2D eigenvalue weighted by Crippen LogP contribution is -2.36. The number of hydrogen-bond acceptors (Lipinski definition) is 4. The molecule has 0 aliphatic carbocycles. The number of hydrogen-bond donors (Lipinski definition) is 2. The summed E-state index contributed by atoms with van der Waals surface area (Å²) in [5, 5.41) is 5.83. The molecule has 1 aliphatic heterocycles. The molecule has 0 aromatic heterocycles. The predicted octanol–water partition coefficient (Wildman–Crippen LogP) is 5.24. The summed E-state index contributed by atoms with van der Waals surface area (Å²) in [6, 6.07) is 12.3. The first-order valence-corrected chi connectivity index (χ1v) is 12.0. The molecule has 3 rings (SSSR count). The van der Waals surface area contributed by atoms with Gasteiger partial charge >= 0.3 is 0 Å². The third-order valence-corrected chi connectivity index (χ3v) is 5.83. The fraction of sp³-hybridized carbons (Fsp3) is 0.375. The summed E-state index contributed by atoms with van der Waals surface area (Å²) in [5.74, 6) is 0.778. The highest BCUT2D eigenvalue weighted by Crippen LogP contribution is 2.26. The van der Waals surface area contributed by atoms with Crippen LogP contribution >= 0.6 is 28.1 Å². The van der Waals surface area contributed by atoms with Gasteiger partial charge in [-0.2, -0.15) is 0 Å². The molecule has 1 saturated heterocycles. The van der Waals surface area contributed by atoms with Crippen LogP contribution in [0.15, 0.2) is 46.9 Å². The van der Waals surface area contributed by atoms with E-state index < -0.39 is 0 Å². The van der Waals surface area contributed by atoms with Crippen molar-refractivity contribution in [1.29, 1.82) is 0 Å². The molecule has 2 aromatic rings. The lowest BCUT2D eigenvalue weighted by Gasteiger charge is -2.26. The maximum Gasteiger partial charge on any atom is 0.257 e. The number of halogens is 1. The molecular formula is C24H28BrN3O3S. The molecule has 2 aromatic carbocycles. The van der Waals surface area contributed by atoms with Crippen LogP contribution in [0.3, 0.4) is 0 Å². The van der Waals surface area contributed by atoms with Gasteiger partial charge in [0.1, 0.15) is 5.75 Å². The van der Waals surface area contributed by atoms with Crippen LogP contribution in [0.4, 0.5) is 5.69 Å². The number of benzene rings is 2. The predicted molar refractivity (Wildman–Crippen MR) is 134 cm³/mol. The van der Waals surface area contributed by atoms with Crippen LogP contribution in [-0.4, -0.2) is 41.5 Å². The molecule has 6 nitrogen and oxygen atoms in total. The van der Waals surface area contributed by atoms with Crippen molar-refractivity contribution in [3.05, 3.63) is 58.1 Å². The second-order valence-electron chi connectivity index (χ2n) is 8.19. The monoisotopic (exact) mass is 517 g/mol. The number of carbonyl (C=O) groups is 2. The fourth-order valence-corrected chi connectivity index (χ4v) is 4.07. The molecule has 170 valence electrons. The van der Waals surface area contributed by atoms with Gasteiger partial charge in [0.05, 0.1) is 11.1 Å². The number of amides is 2. The van der Waals surface area contributed by atoms with Crippen LogP contribution in [0.5, 0.6) is 5.75 Å². The van der Waals surface area contributed by atoms with Gasteiger partial charge in [-0.05, 0) is 89.7 Å². The molecule has 1 fully saturated rings. The molecule has 2 N–H and O–H groups in total. The van der Waals surface area contributed by atoms with E-state index in [-0.39, 0.29) is 16.9 Å². The second kappa shape index (κ2) is 11.4. The Balaban J connectivity index is 1.59. The highest BCUT2D eigenvalue weighted by atomic mass is 79.9. The van der Waals surface area contributed by atoms with Crippen molar-refractivity contribution in [2.45, 2.75) is 33.1 Å². The Labute approximate surface area is 202 Å². The second-order valence-corrected chi connectivity index (χ2v) is 9.45. The molecule has 1 aliphatic rings. The van der Waals surface area contributed by atoms with E-state index in [4.69, 9.17) is 17.0 Å². The van der Waals surface area contributed by atoms with E-state index in [9.17, 15) is 9.59 Å². The SMILES string of the molecule is CC(C)COc1ccc(C(=O)NC(=S)Nc2cccc(C(=O)N3CCCCC3)c2)cc1Br. The number of nitrogens with zero attached hydrogens (tertiary/aromatic N) is 1. The molecule has 8 heteroatoms. The first kappa shape index (κ1) is 24.2. The third-order valence-electron chi connectivity index (χ3n) is 5.00. The van der Waals surface area contributed by atoms with E-state index in [0.717, 1.165) is 25.9 Å². The van der Waals surface area contributed by atoms with Gasteiger partial charge in [0.15, 0.2) is 5.11 Å². The molecule has 2 amide bonds. The van der Waals surface area contributed by atoms with Crippen molar-refractivity contribution >= 4 is 50.8 Å². The largest absolute Gasteiger partial charge is 0.492 e. The normalized spacial score (nSPS) is 13.6. The zero-order valence-corrected chi connectivity index (χ0v) is 20.7. The maximum absolute atomic E-state index is 12.7. The first-order valence-electron chi connectivity index (χ1n) is 10.8. The highest BCUT2D eigenvalue weighted by molar-refractivity contribution is 9.10. The maximum atomic E-state index is 12.7. The number of ether oxygens (including phenoxy) is 1. The molecule has 0 unspecified atom stereocenters. The minimum Gasteiger partial charge on any atom is -0.492 e. The van der Waals surface area contributed by atoms with Gasteiger partial charge in [-0.3, -0.25) is 14.9 Å². The highest BCUT2D eigenvalue weighted by Gasteiger charge is 2.18. The number of anilines is 1. The van der Waals surface area contributed by atoms with Gasteiger partial charge in [0, 0.05) is 29.9 Å².